The summed E-state index contributed by atoms with van der Waals surface area (Å²) in [6, 6.07) is 19.6. The number of rotatable bonds is 11. The van der Waals surface area contributed by atoms with E-state index in [1.165, 1.54) is 12.0 Å². The van der Waals surface area contributed by atoms with Crippen molar-refractivity contribution >= 4 is 35.0 Å². The molecule has 5 nitrogen and oxygen atoms in total. The van der Waals surface area contributed by atoms with Gasteiger partial charge in [-0.1, -0.05) is 86.6 Å². The summed E-state index contributed by atoms with van der Waals surface area (Å²) in [6.07, 6.45) is 8.34. The molecule has 0 saturated heterocycles. The molecule has 0 bridgehead atoms. The van der Waals surface area contributed by atoms with Gasteiger partial charge in [0, 0.05) is 36.6 Å². The normalized spacial score (nSPS) is 14.0. The van der Waals surface area contributed by atoms with Crippen molar-refractivity contribution in [3.8, 4) is 0 Å². The second-order valence-electron chi connectivity index (χ2n) is 11.0. The molecule has 4 rings (SSSR count). The van der Waals surface area contributed by atoms with Crippen LogP contribution >= 0.6 is 23.2 Å². The summed E-state index contributed by atoms with van der Waals surface area (Å²) < 4.78 is 2.22. The number of nitrogens with zero attached hydrogens (tertiary/aromatic N) is 3. The Morgan fingerprint density at radius 3 is 2.38 bits per heavy atom. The third-order valence-corrected chi connectivity index (χ3v) is 8.28. The second-order valence-corrected chi connectivity index (χ2v) is 11.8. The number of hydrogen-bond acceptors (Lipinski definition) is 2. The SMILES string of the molecule is CC(C)CCN(CC(=O)N(Cc1cccn1Cc1ccccc1)C1CCCCC1)C(=O)c1ccc(Cl)c(Cl)c1. The van der Waals surface area contributed by atoms with Gasteiger partial charge >= 0.3 is 0 Å². The topological polar surface area (TPSA) is 45.6 Å². The van der Waals surface area contributed by atoms with Crippen LogP contribution in [0.1, 0.15) is 74.0 Å². The van der Waals surface area contributed by atoms with Crippen LogP contribution in [-0.4, -0.2) is 45.3 Å². The number of amides is 2. The van der Waals surface area contributed by atoms with E-state index in [9.17, 15) is 9.59 Å². The Morgan fingerprint density at radius 2 is 1.69 bits per heavy atom. The van der Waals surface area contributed by atoms with Crippen molar-refractivity contribution < 1.29 is 9.59 Å². The van der Waals surface area contributed by atoms with Gasteiger partial charge < -0.3 is 14.4 Å². The predicted octanol–water partition coefficient (Wildman–Crippen LogP) is 7.69. The summed E-state index contributed by atoms with van der Waals surface area (Å²) in [5.41, 5.74) is 2.77. The van der Waals surface area contributed by atoms with Crippen LogP contribution in [0.2, 0.25) is 10.0 Å². The molecule has 1 aliphatic rings. The van der Waals surface area contributed by atoms with Crippen molar-refractivity contribution in [2.24, 2.45) is 5.92 Å². The molecule has 1 saturated carbocycles. The van der Waals surface area contributed by atoms with Gasteiger partial charge in [0.2, 0.25) is 5.91 Å². The Kier molecular flexibility index (Phi) is 10.5. The van der Waals surface area contributed by atoms with Crippen LogP contribution in [0, 0.1) is 5.92 Å². The maximum Gasteiger partial charge on any atom is 0.254 e. The van der Waals surface area contributed by atoms with Gasteiger partial charge in [0.1, 0.15) is 6.54 Å². The van der Waals surface area contributed by atoms with E-state index < -0.39 is 0 Å². The molecule has 208 valence electrons. The molecule has 0 spiro atoms. The fourth-order valence-corrected chi connectivity index (χ4v) is 5.55. The summed E-state index contributed by atoms with van der Waals surface area (Å²) in [5, 5.41) is 0.737. The number of benzene rings is 2. The minimum atomic E-state index is -0.196. The van der Waals surface area contributed by atoms with Crippen LogP contribution in [0.4, 0.5) is 0 Å². The average Bonchev–Trinajstić information content (AvgIpc) is 3.38. The highest BCUT2D eigenvalue weighted by Gasteiger charge is 2.29. The molecule has 0 N–H and O–H groups in total. The van der Waals surface area contributed by atoms with Crippen LogP contribution in [0.5, 0.6) is 0 Å². The third kappa shape index (κ3) is 8.12. The zero-order valence-electron chi connectivity index (χ0n) is 23.0. The monoisotopic (exact) mass is 567 g/mol. The first-order valence-corrected chi connectivity index (χ1v) is 14.8. The molecule has 0 atom stereocenters. The van der Waals surface area contributed by atoms with Crippen molar-refractivity contribution in [1.82, 2.24) is 14.4 Å². The first-order chi connectivity index (χ1) is 18.8. The number of aromatic nitrogens is 1. The number of carbonyl (C=O) groups is 2. The van der Waals surface area contributed by atoms with Crippen molar-refractivity contribution in [3.63, 3.8) is 0 Å². The molecule has 39 heavy (non-hydrogen) atoms. The molecule has 1 heterocycles. The highest BCUT2D eigenvalue weighted by atomic mass is 35.5. The van der Waals surface area contributed by atoms with E-state index in [4.69, 9.17) is 23.2 Å². The van der Waals surface area contributed by atoms with Gasteiger partial charge in [0.15, 0.2) is 0 Å². The molecule has 3 aromatic rings. The molecule has 7 heteroatoms. The molecular formula is C32H39Cl2N3O2. The molecule has 0 aliphatic heterocycles. The van der Waals surface area contributed by atoms with E-state index in [1.807, 2.05) is 29.2 Å². The molecule has 0 unspecified atom stereocenters. The zero-order valence-corrected chi connectivity index (χ0v) is 24.5. The van der Waals surface area contributed by atoms with Gasteiger partial charge in [0.05, 0.1) is 16.6 Å². The first kappa shape index (κ1) is 29.2. The molecule has 1 aromatic heterocycles. The lowest BCUT2D eigenvalue weighted by molar-refractivity contribution is -0.135. The van der Waals surface area contributed by atoms with Crippen molar-refractivity contribution in [2.75, 3.05) is 13.1 Å². The lowest BCUT2D eigenvalue weighted by Gasteiger charge is -2.36. The van der Waals surface area contributed by atoms with Crippen LogP contribution in [0.3, 0.4) is 0 Å². The van der Waals surface area contributed by atoms with E-state index in [0.29, 0.717) is 34.6 Å². The summed E-state index contributed by atoms with van der Waals surface area (Å²) in [6.45, 7) is 6.08. The van der Waals surface area contributed by atoms with Gasteiger partial charge in [-0.2, -0.15) is 0 Å². The number of hydrogen-bond donors (Lipinski definition) is 0. The lowest BCUT2D eigenvalue weighted by atomic mass is 9.94. The maximum absolute atomic E-state index is 14.0. The minimum Gasteiger partial charge on any atom is -0.345 e. The Balaban J connectivity index is 1.56. The molecule has 2 aromatic carbocycles. The van der Waals surface area contributed by atoms with E-state index >= 15 is 0 Å². The van der Waals surface area contributed by atoms with E-state index in [1.54, 1.807) is 23.1 Å². The molecule has 2 amide bonds. The predicted molar refractivity (Wildman–Crippen MR) is 159 cm³/mol. The maximum atomic E-state index is 14.0. The Hall–Kier alpha value is -2.76. The van der Waals surface area contributed by atoms with E-state index in [-0.39, 0.29) is 24.4 Å². The number of carbonyl (C=O) groups excluding carboxylic acids is 2. The number of halogens is 2. The Labute approximate surface area is 242 Å². The van der Waals surface area contributed by atoms with Crippen molar-refractivity contribution in [2.45, 2.75) is 71.5 Å². The molecule has 0 radical (unpaired) electrons. The highest BCUT2D eigenvalue weighted by Crippen LogP contribution is 2.26. The van der Waals surface area contributed by atoms with E-state index in [2.05, 4.69) is 42.8 Å². The smallest absolute Gasteiger partial charge is 0.254 e. The standard InChI is InChI=1S/C32H39Cl2N3O2/c1-24(2)17-19-36(32(39)26-15-16-29(33)30(34)20-26)23-31(38)37(27-12-7-4-8-13-27)22-28-14-9-18-35(28)21-25-10-5-3-6-11-25/h3,5-6,9-11,14-16,18,20,24,27H,4,7-8,12-13,17,19,21-23H2,1-2H3. The fourth-order valence-electron chi connectivity index (χ4n) is 5.25. The van der Waals surface area contributed by atoms with Gasteiger partial charge in [-0.15, -0.1) is 0 Å². The Bertz CT molecular complexity index is 1240. The van der Waals surface area contributed by atoms with Gasteiger partial charge in [-0.25, -0.2) is 0 Å². The van der Waals surface area contributed by atoms with E-state index in [0.717, 1.165) is 44.3 Å². The fraction of sp³-hybridized carbons (Fsp3) is 0.438. The summed E-state index contributed by atoms with van der Waals surface area (Å²) in [4.78, 5) is 31.3. The molecule has 1 fully saturated rings. The zero-order chi connectivity index (χ0) is 27.8. The molecular weight excluding hydrogens is 529 g/mol. The van der Waals surface area contributed by atoms with Crippen LogP contribution < -0.4 is 0 Å². The second kappa shape index (κ2) is 14.0. The summed E-state index contributed by atoms with van der Waals surface area (Å²) in [7, 11) is 0. The Morgan fingerprint density at radius 1 is 0.949 bits per heavy atom. The van der Waals surface area contributed by atoms with Gasteiger partial charge in [-0.05, 0) is 61.1 Å². The third-order valence-electron chi connectivity index (χ3n) is 7.54. The summed E-state index contributed by atoms with van der Waals surface area (Å²) in [5.74, 6) is 0.199. The first-order valence-electron chi connectivity index (χ1n) is 14.0. The van der Waals surface area contributed by atoms with Gasteiger partial charge in [0.25, 0.3) is 5.91 Å². The summed E-state index contributed by atoms with van der Waals surface area (Å²) >= 11 is 12.3. The van der Waals surface area contributed by atoms with Crippen molar-refractivity contribution in [3.05, 3.63) is 93.7 Å². The van der Waals surface area contributed by atoms with Crippen molar-refractivity contribution in [1.29, 1.82) is 0 Å². The minimum absolute atomic E-state index is 0.00784. The van der Waals surface area contributed by atoms with Gasteiger partial charge in [-0.3, -0.25) is 9.59 Å². The van der Waals surface area contributed by atoms with Crippen LogP contribution in [0.15, 0.2) is 66.9 Å². The molecule has 1 aliphatic carbocycles. The van der Waals surface area contributed by atoms with Crippen LogP contribution in [-0.2, 0) is 17.9 Å². The van der Waals surface area contributed by atoms with Crippen LogP contribution in [0.25, 0.3) is 0 Å². The quantitative estimate of drug-likeness (QED) is 0.238. The highest BCUT2D eigenvalue weighted by molar-refractivity contribution is 6.42. The lowest BCUT2D eigenvalue weighted by Crippen LogP contribution is -2.48. The average molecular weight is 569 g/mol. The largest absolute Gasteiger partial charge is 0.345 e.